The minimum atomic E-state index is 0.0283. The fraction of sp³-hybridized carbons (Fsp3) is 0.647. The van der Waals surface area contributed by atoms with Crippen LogP contribution in [0.25, 0.3) is 0 Å². The predicted molar refractivity (Wildman–Crippen MR) is 99.7 cm³/mol. The van der Waals surface area contributed by atoms with E-state index in [0.717, 1.165) is 11.8 Å². The van der Waals surface area contributed by atoms with Crippen LogP contribution in [0.5, 0.6) is 0 Å². The lowest BCUT2D eigenvalue weighted by molar-refractivity contribution is 0.438. The first-order valence-corrected chi connectivity index (χ1v) is 10.8. The topological polar surface area (TPSA) is 0 Å². The first kappa shape index (κ1) is 17.4. The van der Waals surface area contributed by atoms with Crippen molar-refractivity contribution in [3.05, 3.63) is 29.3 Å². The van der Waals surface area contributed by atoms with Crippen molar-refractivity contribution in [2.24, 2.45) is 11.8 Å². The Balaban J connectivity index is 2.48. The molecule has 0 radical (unpaired) electrons. The number of benzene rings is 1. The zero-order chi connectivity index (χ0) is 14.4. The minimum Gasteiger partial charge on any atom is -0.0861 e. The van der Waals surface area contributed by atoms with Crippen molar-refractivity contribution in [3.63, 3.8) is 0 Å². The second kappa shape index (κ2) is 8.62. The number of hydrogen-bond donors (Lipinski definition) is 0. The fourth-order valence-electron chi connectivity index (χ4n) is 2.58. The molecule has 0 N–H and O–H groups in total. The van der Waals surface area contributed by atoms with Crippen LogP contribution in [0.1, 0.15) is 37.8 Å². The highest BCUT2D eigenvalue weighted by atomic mass is 127. The third-order valence-electron chi connectivity index (χ3n) is 3.67. The van der Waals surface area contributed by atoms with Crippen LogP contribution in [-0.4, -0.2) is 17.3 Å². The largest absolute Gasteiger partial charge is 0.0861 e. The lowest BCUT2D eigenvalue weighted by atomic mass is 9.97. The Bertz CT molecular complexity index is 369. The Morgan fingerprint density at radius 3 is 2.16 bits per heavy atom. The van der Waals surface area contributed by atoms with Crippen molar-refractivity contribution in [3.8, 4) is 0 Å². The van der Waals surface area contributed by atoms with Crippen molar-refractivity contribution in [2.75, 3.05) is 17.3 Å². The van der Waals surface area contributed by atoms with Crippen LogP contribution in [0.4, 0.5) is 0 Å². The maximum atomic E-state index is 2.51. The smallest absolute Gasteiger partial charge is 0.00211 e. The van der Waals surface area contributed by atoms with Crippen LogP contribution in [0, 0.1) is 25.7 Å². The molecule has 0 saturated heterocycles. The quantitative estimate of drug-likeness (QED) is 0.326. The highest BCUT2D eigenvalue weighted by Gasteiger charge is 2.11. The molecule has 1 aromatic carbocycles. The monoisotopic (exact) mass is 390 g/mol. The van der Waals surface area contributed by atoms with E-state index in [4.69, 9.17) is 0 Å². The average Bonchev–Trinajstić information content (AvgIpc) is 2.34. The van der Waals surface area contributed by atoms with Crippen LogP contribution < -0.4 is 5.30 Å². The summed E-state index contributed by atoms with van der Waals surface area (Å²) in [4.78, 5) is 0. The maximum Gasteiger partial charge on any atom is 0.00211 e. The molecule has 0 spiro atoms. The van der Waals surface area contributed by atoms with E-state index in [-0.39, 0.29) is 7.92 Å². The Morgan fingerprint density at radius 2 is 1.63 bits per heavy atom. The van der Waals surface area contributed by atoms with Crippen molar-refractivity contribution in [1.29, 1.82) is 0 Å². The second-order valence-electron chi connectivity index (χ2n) is 6.16. The molecule has 0 amide bonds. The molecule has 0 heterocycles. The van der Waals surface area contributed by atoms with E-state index in [1.807, 2.05) is 0 Å². The first-order valence-electron chi connectivity index (χ1n) is 7.27. The number of alkyl halides is 1. The van der Waals surface area contributed by atoms with E-state index in [1.54, 1.807) is 5.30 Å². The van der Waals surface area contributed by atoms with Gasteiger partial charge in [0, 0.05) is 4.43 Å². The zero-order valence-corrected chi connectivity index (χ0v) is 16.1. The van der Waals surface area contributed by atoms with Crippen LogP contribution >= 0.6 is 30.5 Å². The molecule has 0 aliphatic carbocycles. The molecule has 108 valence electrons. The summed E-state index contributed by atoms with van der Waals surface area (Å²) in [5, 5.41) is 1.58. The van der Waals surface area contributed by atoms with E-state index in [1.165, 1.54) is 34.6 Å². The second-order valence-corrected chi connectivity index (χ2v) is 9.40. The molecule has 0 saturated carbocycles. The molecule has 3 atom stereocenters. The maximum absolute atomic E-state index is 2.51. The lowest BCUT2D eigenvalue weighted by Crippen LogP contribution is -2.09. The summed E-state index contributed by atoms with van der Waals surface area (Å²) in [6.45, 7) is 11.7. The Hall–Kier alpha value is 0.380. The highest BCUT2D eigenvalue weighted by Crippen LogP contribution is 2.33. The molecule has 0 aromatic heterocycles. The van der Waals surface area contributed by atoms with E-state index >= 15 is 0 Å². The van der Waals surface area contributed by atoms with Crippen molar-refractivity contribution >= 4 is 35.8 Å². The Kier molecular flexibility index (Phi) is 7.91. The summed E-state index contributed by atoms with van der Waals surface area (Å²) in [6, 6.07) is 7.05. The van der Waals surface area contributed by atoms with Crippen molar-refractivity contribution < 1.29 is 0 Å². The molecule has 0 fully saturated rings. The minimum absolute atomic E-state index is 0.0283. The molecule has 2 heteroatoms. The lowest BCUT2D eigenvalue weighted by Gasteiger charge is -2.19. The molecular weight excluding hydrogens is 362 g/mol. The van der Waals surface area contributed by atoms with Crippen molar-refractivity contribution in [1.82, 2.24) is 0 Å². The summed E-state index contributed by atoms with van der Waals surface area (Å²) in [5.41, 5.74) is 2.83. The van der Waals surface area contributed by atoms with Gasteiger partial charge in [-0.15, -0.1) is 0 Å². The van der Waals surface area contributed by atoms with Gasteiger partial charge in [-0.3, -0.25) is 0 Å². The molecule has 0 aliphatic rings. The average molecular weight is 390 g/mol. The van der Waals surface area contributed by atoms with E-state index in [9.17, 15) is 0 Å². The fourth-order valence-corrected chi connectivity index (χ4v) is 4.88. The van der Waals surface area contributed by atoms with Gasteiger partial charge >= 0.3 is 0 Å². The number of halogens is 1. The molecule has 3 unspecified atom stereocenters. The molecule has 0 nitrogen and oxygen atoms in total. The summed E-state index contributed by atoms with van der Waals surface area (Å²) < 4.78 is 1.29. The number of hydrogen-bond acceptors (Lipinski definition) is 0. The molecule has 0 aliphatic heterocycles. The highest BCUT2D eigenvalue weighted by molar-refractivity contribution is 14.1. The van der Waals surface area contributed by atoms with Crippen LogP contribution in [0.2, 0.25) is 0 Å². The number of aryl methyl sites for hydroxylation is 2. The molecular formula is C17H28IP. The normalized spacial score (nSPS) is 16.1. The Labute approximate surface area is 134 Å². The summed E-state index contributed by atoms with van der Waals surface area (Å²) in [5.74, 6) is 1.75. The van der Waals surface area contributed by atoms with E-state index < -0.39 is 0 Å². The van der Waals surface area contributed by atoms with Crippen LogP contribution in [-0.2, 0) is 0 Å². The zero-order valence-electron chi connectivity index (χ0n) is 13.0. The van der Waals surface area contributed by atoms with Gasteiger partial charge in [0.2, 0.25) is 0 Å². The summed E-state index contributed by atoms with van der Waals surface area (Å²) in [6.07, 6.45) is 4.16. The van der Waals surface area contributed by atoms with E-state index in [2.05, 4.69) is 75.1 Å². The molecule has 1 aromatic rings. The molecule has 19 heavy (non-hydrogen) atoms. The van der Waals surface area contributed by atoms with Gasteiger partial charge in [-0.1, -0.05) is 73.7 Å². The van der Waals surface area contributed by atoms with Crippen LogP contribution in [0.3, 0.4) is 0 Å². The third kappa shape index (κ3) is 6.58. The van der Waals surface area contributed by atoms with Gasteiger partial charge in [-0.25, -0.2) is 0 Å². The summed E-state index contributed by atoms with van der Waals surface area (Å²) in [7, 11) is 0.0283. The molecule has 0 bridgehead atoms. The Morgan fingerprint density at radius 1 is 1.05 bits per heavy atom. The van der Waals surface area contributed by atoms with Crippen molar-refractivity contribution in [2.45, 2.75) is 40.5 Å². The van der Waals surface area contributed by atoms with Gasteiger partial charge in [0.05, 0.1) is 0 Å². The third-order valence-corrected chi connectivity index (χ3v) is 7.25. The van der Waals surface area contributed by atoms with Gasteiger partial charge in [0.15, 0.2) is 0 Å². The summed E-state index contributed by atoms with van der Waals surface area (Å²) >= 11 is 2.51. The predicted octanol–water partition coefficient (Wildman–Crippen LogP) is 5.53. The standard InChI is InChI=1S/C17H28IP/c1-13(8-16(4)12-18)6-7-19(5)17-10-14(2)9-15(3)11-17/h9-11,13,16H,6-8,12H2,1-5H3. The van der Waals surface area contributed by atoms with Gasteiger partial charge in [-0.2, -0.15) is 0 Å². The molecule has 1 rings (SSSR count). The van der Waals surface area contributed by atoms with Gasteiger partial charge in [0.25, 0.3) is 0 Å². The van der Waals surface area contributed by atoms with E-state index in [0.29, 0.717) is 0 Å². The first-order chi connectivity index (χ1) is 8.92. The SMILES string of the molecule is Cc1cc(C)cc(P(C)CCC(C)CC(C)CI)c1. The van der Waals surface area contributed by atoms with Crippen LogP contribution in [0.15, 0.2) is 18.2 Å². The number of rotatable bonds is 7. The van der Waals surface area contributed by atoms with Gasteiger partial charge in [-0.05, 0) is 56.7 Å². The van der Waals surface area contributed by atoms with Gasteiger partial charge in [0.1, 0.15) is 0 Å². The van der Waals surface area contributed by atoms with Gasteiger partial charge < -0.3 is 0 Å².